The Balaban J connectivity index is 0.000000771. The van der Waals surface area contributed by atoms with Gasteiger partial charge in [-0.1, -0.05) is 44.2 Å². The highest BCUT2D eigenvalue weighted by molar-refractivity contribution is 5.16. The molecule has 1 aromatic rings. The molecule has 0 spiro atoms. The highest BCUT2D eigenvalue weighted by Crippen LogP contribution is 2.30. The van der Waals surface area contributed by atoms with Crippen molar-refractivity contribution in [3.05, 3.63) is 35.9 Å². The third kappa shape index (κ3) is 3.53. The summed E-state index contributed by atoms with van der Waals surface area (Å²) in [6.45, 7) is 4.34. The van der Waals surface area contributed by atoms with Crippen LogP contribution in [-0.2, 0) is 9.47 Å². The minimum Gasteiger partial charge on any atom is -0.396 e. The second-order valence-electron chi connectivity index (χ2n) is 4.18. The van der Waals surface area contributed by atoms with Crippen molar-refractivity contribution < 1.29 is 19.7 Å². The van der Waals surface area contributed by atoms with E-state index >= 15 is 0 Å². The molecule has 0 saturated carbocycles. The predicted octanol–water partition coefficient (Wildman–Crippen LogP) is 1.73. The number of rotatable bonds is 3. The molecule has 102 valence electrons. The Labute approximate surface area is 108 Å². The molecule has 4 nitrogen and oxygen atoms in total. The number of benzene rings is 1. The lowest BCUT2D eigenvalue weighted by Crippen LogP contribution is -2.44. The second-order valence-corrected chi connectivity index (χ2v) is 4.18. The Bertz CT molecular complexity index is 312. The van der Waals surface area contributed by atoms with Crippen LogP contribution < -0.4 is 0 Å². The van der Waals surface area contributed by atoms with Crippen molar-refractivity contribution in [2.45, 2.75) is 20.1 Å². The summed E-state index contributed by atoms with van der Waals surface area (Å²) >= 11 is 0. The Hall–Kier alpha value is -0.940. The summed E-state index contributed by atoms with van der Waals surface area (Å²) in [4.78, 5) is 0. The van der Waals surface area contributed by atoms with Crippen LogP contribution in [0.15, 0.2) is 30.3 Å². The van der Waals surface area contributed by atoms with Crippen molar-refractivity contribution in [2.24, 2.45) is 5.41 Å². The van der Waals surface area contributed by atoms with Crippen LogP contribution in [0.1, 0.15) is 25.7 Å². The van der Waals surface area contributed by atoms with Gasteiger partial charge in [-0.15, -0.1) is 0 Å². The van der Waals surface area contributed by atoms with E-state index in [9.17, 15) is 10.2 Å². The van der Waals surface area contributed by atoms with Gasteiger partial charge >= 0.3 is 0 Å². The van der Waals surface area contributed by atoms with Crippen LogP contribution in [-0.4, -0.2) is 36.6 Å². The van der Waals surface area contributed by atoms with Crippen LogP contribution in [0, 0.1) is 5.41 Å². The standard InChI is InChI=1S/C12H16O4.C2H6/c13-6-12(7-14)8-15-11(16-9-12)10-4-2-1-3-5-10;1-2/h1-5,11,13-14H,6-9H2;1-2H3. The highest BCUT2D eigenvalue weighted by atomic mass is 16.7. The molecular formula is C14H22O4. The minimum absolute atomic E-state index is 0.134. The average molecular weight is 254 g/mol. The Kier molecular flexibility index (Phi) is 6.29. The number of aliphatic hydroxyl groups is 2. The average Bonchev–Trinajstić information content (AvgIpc) is 2.50. The van der Waals surface area contributed by atoms with Gasteiger partial charge in [0.05, 0.1) is 31.8 Å². The summed E-state index contributed by atoms with van der Waals surface area (Å²) in [7, 11) is 0. The van der Waals surface area contributed by atoms with Crippen LogP contribution in [0.5, 0.6) is 0 Å². The van der Waals surface area contributed by atoms with E-state index in [1.165, 1.54) is 0 Å². The summed E-state index contributed by atoms with van der Waals surface area (Å²) < 4.78 is 11.0. The number of ether oxygens (including phenoxy) is 2. The van der Waals surface area contributed by atoms with Gasteiger partial charge in [0.1, 0.15) is 0 Å². The topological polar surface area (TPSA) is 58.9 Å². The summed E-state index contributed by atoms with van der Waals surface area (Å²) in [6.07, 6.45) is -0.396. The first kappa shape index (κ1) is 15.1. The summed E-state index contributed by atoms with van der Waals surface area (Å²) in [5.41, 5.74) is 0.289. The van der Waals surface area contributed by atoms with Crippen molar-refractivity contribution >= 4 is 0 Å². The third-order valence-electron chi connectivity index (χ3n) is 2.82. The first-order valence-electron chi connectivity index (χ1n) is 6.29. The summed E-state index contributed by atoms with van der Waals surface area (Å²) in [6, 6.07) is 9.62. The van der Waals surface area contributed by atoms with Gasteiger partial charge in [-0.3, -0.25) is 0 Å². The zero-order chi connectivity index (χ0) is 13.4. The van der Waals surface area contributed by atoms with E-state index in [0.29, 0.717) is 13.2 Å². The molecular weight excluding hydrogens is 232 g/mol. The molecule has 1 fully saturated rings. The van der Waals surface area contributed by atoms with Gasteiger partial charge in [0.25, 0.3) is 0 Å². The largest absolute Gasteiger partial charge is 0.396 e. The van der Waals surface area contributed by atoms with Crippen molar-refractivity contribution in [1.29, 1.82) is 0 Å². The fraction of sp³-hybridized carbons (Fsp3) is 0.571. The Morgan fingerprint density at radius 3 is 2.00 bits per heavy atom. The molecule has 1 heterocycles. The lowest BCUT2D eigenvalue weighted by Gasteiger charge is -2.37. The van der Waals surface area contributed by atoms with Crippen molar-refractivity contribution in [1.82, 2.24) is 0 Å². The zero-order valence-electron chi connectivity index (χ0n) is 11.0. The minimum atomic E-state index is -0.661. The SMILES string of the molecule is CC.OCC1(CO)COC(c2ccccc2)OC1. The van der Waals surface area contributed by atoms with Gasteiger partial charge in [-0.05, 0) is 0 Å². The van der Waals surface area contributed by atoms with Gasteiger partial charge in [-0.25, -0.2) is 0 Å². The first-order chi connectivity index (χ1) is 8.79. The van der Waals surface area contributed by atoms with Crippen LogP contribution in [0.25, 0.3) is 0 Å². The molecule has 0 radical (unpaired) electrons. The molecule has 4 heteroatoms. The maximum absolute atomic E-state index is 9.18. The lowest BCUT2D eigenvalue weighted by atomic mass is 9.91. The molecule has 0 atom stereocenters. The quantitative estimate of drug-likeness (QED) is 0.862. The molecule has 0 aliphatic carbocycles. The van der Waals surface area contributed by atoms with Crippen molar-refractivity contribution in [2.75, 3.05) is 26.4 Å². The Morgan fingerprint density at radius 1 is 1.06 bits per heavy atom. The maximum atomic E-state index is 9.18. The molecule has 1 saturated heterocycles. The van der Waals surface area contributed by atoms with E-state index in [2.05, 4.69) is 0 Å². The van der Waals surface area contributed by atoms with Crippen LogP contribution in [0.4, 0.5) is 0 Å². The van der Waals surface area contributed by atoms with E-state index < -0.39 is 11.7 Å². The molecule has 0 aromatic heterocycles. The van der Waals surface area contributed by atoms with Crippen molar-refractivity contribution in [3.8, 4) is 0 Å². The van der Waals surface area contributed by atoms with Crippen LogP contribution in [0.2, 0.25) is 0 Å². The van der Waals surface area contributed by atoms with Crippen LogP contribution in [0.3, 0.4) is 0 Å². The summed E-state index contributed by atoms with van der Waals surface area (Å²) in [5, 5.41) is 18.4. The smallest absolute Gasteiger partial charge is 0.183 e. The Morgan fingerprint density at radius 2 is 1.56 bits per heavy atom. The molecule has 1 aliphatic rings. The number of aliphatic hydroxyl groups excluding tert-OH is 2. The van der Waals surface area contributed by atoms with Gasteiger partial charge in [0.15, 0.2) is 6.29 Å². The van der Waals surface area contributed by atoms with E-state index in [4.69, 9.17) is 9.47 Å². The molecule has 1 aromatic carbocycles. The monoisotopic (exact) mass is 254 g/mol. The number of hydrogen-bond acceptors (Lipinski definition) is 4. The maximum Gasteiger partial charge on any atom is 0.183 e. The van der Waals surface area contributed by atoms with Gasteiger partial charge in [0.2, 0.25) is 0 Å². The molecule has 0 unspecified atom stereocenters. The first-order valence-corrected chi connectivity index (χ1v) is 6.29. The molecule has 0 amide bonds. The van der Waals surface area contributed by atoms with Crippen molar-refractivity contribution in [3.63, 3.8) is 0 Å². The lowest BCUT2D eigenvalue weighted by molar-refractivity contribution is -0.248. The number of hydrogen-bond donors (Lipinski definition) is 2. The summed E-state index contributed by atoms with van der Waals surface area (Å²) in [5.74, 6) is 0. The van der Waals surface area contributed by atoms with E-state index in [-0.39, 0.29) is 13.2 Å². The zero-order valence-corrected chi connectivity index (χ0v) is 11.0. The van der Waals surface area contributed by atoms with E-state index in [0.717, 1.165) is 5.56 Å². The van der Waals surface area contributed by atoms with Gasteiger partial charge < -0.3 is 19.7 Å². The van der Waals surface area contributed by atoms with E-state index in [1.54, 1.807) is 0 Å². The predicted molar refractivity (Wildman–Crippen MR) is 69.0 cm³/mol. The van der Waals surface area contributed by atoms with E-state index in [1.807, 2.05) is 44.2 Å². The molecule has 2 rings (SSSR count). The molecule has 18 heavy (non-hydrogen) atoms. The van der Waals surface area contributed by atoms with Gasteiger partial charge in [-0.2, -0.15) is 0 Å². The third-order valence-corrected chi connectivity index (χ3v) is 2.82. The molecule has 1 aliphatic heterocycles. The van der Waals surface area contributed by atoms with Crippen LogP contribution >= 0.6 is 0 Å². The molecule has 2 N–H and O–H groups in total. The molecule has 0 bridgehead atoms. The highest BCUT2D eigenvalue weighted by Gasteiger charge is 2.36. The second kappa shape index (κ2) is 7.48. The fourth-order valence-corrected chi connectivity index (χ4v) is 1.63. The normalized spacial score (nSPS) is 18.9. The van der Waals surface area contributed by atoms with Gasteiger partial charge in [0, 0.05) is 5.56 Å². The fourth-order valence-electron chi connectivity index (χ4n) is 1.63.